The van der Waals surface area contributed by atoms with E-state index in [1.165, 1.54) is 0 Å². The molecule has 2 saturated carbocycles. The molecule has 0 aromatic carbocycles. The Bertz CT molecular complexity index is 442. The van der Waals surface area contributed by atoms with Gasteiger partial charge in [0.2, 0.25) is 15.9 Å². The number of hydrogen-bond acceptors (Lipinski definition) is 4. The maximum Gasteiger partial charge on any atom is 0.240 e. The second kappa shape index (κ2) is 5.40. The Labute approximate surface area is 115 Å². The third-order valence-electron chi connectivity index (χ3n) is 4.59. The van der Waals surface area contributed by atoms with E-state index >= 15 is 0 Å². The van der Waals surface area contributed by atoms with E-state index in [0.29, 0.717) is 25.7 Å². The molecule has 2 fully saturated rings. The van der Waals surface area contributed by atoms with E-state index in [9.17, 15) is 13.2 Å². The van der Waals surface area contributed by atoms with E-state index in [-0.39, 0.29) is 17.9 Å². The van der Waals surface area contributed by atoms with E-state index in [4.69, 9.17) is 4.74 Å². The topological polar surface area (TPSA) is 72.5 Å². The maximum atomic E-state index is 12.2. The fraction of sp³-hybridized carbons (Fsp3) is 0.923. The molecular formula is C13H23NO4S. The molecule has 0 spiro atoms. The van der Waals surface area contributed by atoms with Crippen LogP contribution in [0.25, 0.3) is 0 Å². The summed E-state index contributed by atoms with van der Waals surface area (Å²) in [6, 6.07) is 0. The van der Waals surface area contributed by atoms with Crippen LogP contribution in [0.3, 0.4) is 0 Å². The molecule has 0 heterocycles. The van der Waals surface area contributed by atoms with Crippen molar-refractivity contribution in [1.29, 1.82) is 0 Å². The zero-order chi connectivity index (χ0) is 14.1. The second-order valence-corrected chi connectivity index (χ2v) is 7.80. The number of carbonyl (C=O) groups excluding carboxylic acids is 1. The molecule has 0 aromatic heterocycles. The normalized spacial score (nSPS) is 29.8. The first kappa shape index (κ1) is 14.8. The quantitative estimate of drug-likeness (QED) is 0.834. The van der Waals surface area contributed by atoms with E-state index in [0.717, 1.165) is 19.3 Å². The van der Waals surface area contributed by atoms with Gasteiger partial charge < -0.3 is 4.74 Å². The van der Waals surface area contributed by atoms with E-state index in [1.54, 1.807) is 7.11 Å². The molecule has 1 amide bonds. The molecule has 1 N–H and O–H groups in total. The summed E-state index contributed by atoms with van der Waals surface area (Å²) in [7, 11) is -1.88. The molecule has 5 nitrogen and oxygen atoms in total. The van der Waals surface area contributed by atoms with E-state index in [1.807, 2.05) is 6.92 Å². The van der Waals surface area contributed by atoms with Gasteiger partial charge in [-0.1, -0.05) is 13.3 Å². The zero-order valence-corrected chi connectivity index (χ0v) is 12.5. The minimum Gasteiger partial charge on any atom is -0.381 e. The minimum absolute atomic E-state index is 0.0771. The first-order chi connectivity index (χ1) is 8.94. The smallest absolute Gasteiger partial charge is 0.240 e. The molecule has 2 aliphatic carbocycles. The van der Waals surface area contributed by atoms with Crippen molar-refractivity contribution < 1.29 is 17.9 Å². The van der Waals surface area contributed by atoms with Gasteiger partial charge in [0.1, 0.15) is 0 Å². The summed E-state index contributed by atoms with van der Waals surface area (Å²) in [4.78, 5) is 12.1. The predicted octanol–water partition coefficient (Wildman–Crippen LogP) is 1.58. The standard InChI is InChI=1S/C13H23NO4S/c1-3-13(7-8-13)19(16,17)14-12(15)10-5-4-6-11(9-10)18-2/h10-11H,3-9H2,1-2H3,(H,14,15). The maximum absolute atomic E-state index is 12.2. The van der Waals surface area contributed by atoms with Crippen LogP contribution < -0.4 is 4.72 Å². The molecule has 2 unspecified atom stereocenters. The van der Waals surface area contributed by atoms with Crippen LogP contribution in [0, 0.1) is 5.92 Å². The third kappa shape index (κ3) is 2.94. The number of methoxy groups -OCH3 is 1. The average molecular weight is 289 g/mol. The first-order valence-electron chi connectivity index (χ1n) is 7.03. The van der Waals surface area contributed by atoms with Crippen LogP contribution in [0.2, 0.25) is 0 Å². The highest BCUT2D eigenvalue weighted by atomic mass is 32.2. The fourth-order valence-corrected chi connectivity index (χ4v) is 4.54. The Kier molecular flexibility index (Phi) is 4.20. The lowest BCUT2D eigenvalue weighted by Gasteiger charge is -2.27. The zero-order valence-electron chi connectivity index (χ0n) is 11.6. The second-order valence-electron chi connectivity index (χ2n) is 5.73. The van der Waals surface area contributed by atoms with Crippen molar-refractivity contribution in [2.75, 3.05) is 7.11 Å². The van der Waals surface area contributed by atoms with Crippen molar-refractivity contribution in [3.05, 3.63) is 0 Å². The number of hydrogen-bond donors (Lipinski definition) is 1. The summed E-state index contributed by atoms with van der Waals surface area (Å²) in [5.74, 6) is -0.581. The molecule has 0 radical (unpaired) electrons. The van der Waals surface area contributed by atoms with Crippen LogP contribution in [-0.4, -0.2) is 32.3 Å². The van der Waals surface area contributed by atoms with Crippen molar-refractivity contribution in [3.63, 3.8) is 0 Å². The van der Waals surface area contributed by atoms with Crippen molar-refractivity contribution in [1.82, 2.24) is 4.72 Å². The average Bonchev–Trinajstić information content (AvgIpc) is 3.19. The summed E-state index contributed by atoms with van der Waals surface area (Å²) in [5.41, 5.74) is 0. The molecule has 19 heavy (non-hydrogen) atoms. The predicted molar refractivity (Wildman–Crippen MR) is 72.1 cm³/mol. The number of sulfonamides is 1. The Morgan fingerprint density at radius 1 is 1.37 bits per heavy atom. The number of rotatable bonds is 5. The number of nitrogens with one attached hydrogen (secondary N) is 1. The van der Waals surface area contributed by atoms with Gasteiger partial charge in [0.05, 0.1) is 10.9 Å². The fourth-order valence-electron chi connectivity index (χ4n) is 2.87. The third-order valence-corrected chi connectivity index (χ3v) is 6.89. The van der Waals surface area contributed by atoms with Crippen LogP contribution in [-0.2, 0) is 19.6 Å². The lowest BCUT2D eigenvalue weighted by molar-refractivity contribution is -0.125. The summed E-state index contributed by atoms with van der Waals surface area (Å²) < 4.78 is 31.3. The lowest BCUT2D eigenvalue weighted by Crippen LogP contribution is -2.44. The highest BCUT2D eigenvalue weighted by Gasteiger charge is 2.53. The molecular weight excluding hydrogens is 266 g/mol. The SMILES string of the molecule is CCC1(S(=O)(=O)NC(=O)C2CCCC(OC)C2)CC1. The van der Waals surface area contributed by atoms with Gasteiger partial charge in [-0.3, -0.25) is 9.52 Å². The largest absolute Gasteiger partial charge is 0.381 e. The molecule has 0 bridgehead atoms. The molecule has 0 aromatic rings. The first-order valence-corrected chi connectivity index (χ1v) is 8.51. The van der Waals surface area contributed by atoms with Crippen molar-refractivity contribution in [2.24, 2.45) is 5.92 Å². The van der Waals surface area contributed by atoms with Crippen LogP contribution >= 0.6 is 0 Å². The number of amides is 1. The molecule has 110 valence electrons. The number of ether oxygens (including phenoxy) is 1. The minimum atomic E-state index is -3.51. The molecule has 0 saturated heterocycles. The molecule has 2 atom stereocenters. The summed E-state index contributed by atoms with van der Waals surface area (Å²) in [6.07, 6.45) is 5.21. The summed E-state index contributed by atoms with van der Waals surface area (Å²) in [5, 5.41) is 0. The van der Waals surface area contributed by atoms with Crippen LogP contribution in [0.5, 0.6) is 0 Å². The summed E-state index contributed by atoms with van der Waals surface area (Å²) >= 11 is 0. The van der Waals surface area contributed by atoms with Crippen LogP contribution in [0.15, 0.2) is 0 Å². The van der Waals surface area contributed by atoms with Gasteiger partial charge >= 0.3 is 0 Å². The molecule has 2 aliphatic rings. The Morgan fingerprint density at radius 3 is 2.58 bits per heavy atom. The molecule has 2 rings (SSSR count). The number of carbonyl (C=O) groups is 1. The lowest BCUT2D eigenvalue weighted by atomic mass is 9.87. The Hall–Kier alpha value is -0.620. The van der Waals surface area contributed by atoms with Gasteiger partial charge in [0.25, 0.3) is 0 Å². The molecule has 0 aliphatic heterocycles. The highest BCUT2D eigenvalue weighted by molar-refractivity contribution is 7.91. The van der Waals surface area contributed by atoms with Gasteiger partial charge in [-0.2, -0.15) is 0 Å². The Balaban J connectivity index is 1.97. The van der Waals surface area contributed by atoms with Crippen LogP contribution in [0.4, 0.5) is 0 Å². The van der Waals surface area contributed by atoms with E-state index < -0.39 is 14.8 Å². The van der Waals surface area contributed by atoms with Crippen molar-refractivity contribution >= 4 is 15.9 Å². The summed E-state index contributed by atoms with van der Waals surface area (Å²) in [6.45, 7) is 1.86. The van der Waals surface area contributed by atoms with E-state index in [2.05, 4.69) is 4.72 Å². The Morgan fingerprint density at radius 2 is 2.05 bits per heavy atom. The van der Waals surface area contributed by atoms with Gasteiger partial charge in [0.15, 0.2) is 0 Å². The molecule has 6 heteroatoms. The van der Waals surface area contributed by atoms with Crippen molar-refractivity contribution in [2.45, 2.75) is 62.7 Å². The highest BCUT2D eigenvalue weighted by Crippen LogP contribution is 2.45. The van der Waals surface area contributed by atoms with Gasteiger partial charge in [-0.05, 0) is 38.5 Å². The van der Waals surface area contributed by atoms with Gasteiger partial charge in [0, 0.05) is 13.0 Å². The van der Waals surface area contributed by atoms with Crippen molar-refractivity contribution in [3.8, 4) is 0 Å². The van der Waals surface area contributed by atoms with Crippen LogP contribution in [0.1, 0.15) is 51.9 Å². The van der Waals surface area contributed by atoms with Gasteiger partial charge in [-0.15, -0.1) is 0 Å². The van der Waals surface area contributed by atoms with Gasteiger partial charge in [-0.25, -0.2) is 8.42 Å². The monoisotopic (exact) mass is 289 g/mol.